The van der Waals surface area contributed by atoms with Gasteiger partial charge in [-0.05, 0) is 24.6 Å². The van der Waals surface area contributed by atoms with E-state index in [0.29, 0.717) is 36.9 Å². The van der Waals surface area contributed by atoms with E-state index < -0.39 is 11.9 Å². The van der Waals surface area contributed by atoms with Gasteiger partial charge in [-0.25, -0.2) is 4.98 Å². The van der Waals surface area contributed by atoms with Crippen LogP contribution in [0.4, 0.5) is 13.2 Å². The molecule has 0 bridgehead atoms. The van der Waals surface area contributed by atoms with E-state index in [1.54, 1.807) is 6.26 Å². The highest BCUT2D eigenvalue weighted by Crippen LogP contribution is 2.30. The highest BCUT2D eigenvalue weighted by Gasteiger charge is 2.33. The number of hydrogen-bond donors (Lipinski definition) is 2. The van der Waals surface area contributed by atoms with E-state index in [1.165, 1.54) is 0 Å². The fourth-order valence-corrected chi connectivity index (χ4v) is 3.56. The van der Waals surface area contributed by atoms with Crippen LogP contribution in [0.2, 0.25) is 0 Å². The summed E-state index contributed by atoms with van der Waals surface area (Å²) in [5, 5.41) is 8.05. The van der Waals surface area contributed by atoms with Gasteiger partial charge in [0.25, 0.3) is 0 Å². The van der Waals surface area contributed by atoms with Crippen molar-refractivity contribution in [2.75, 3.05) is 13.1 Å². The number of guanidine groups is 1. The molecule has 0 aliphatic carbocycles. The summed E-state index contributed by atoms with van der Waals surface area (Å²) < 4.78 is 43.4. The minimum Gasteiger partial charge on any atom is -0.469 e. The first kappa shape index (κ1) is 21.9. The van der Waals surface area contributed by atoms with Crippen LogP contribution in [-0.4, -0.2) is 24.0 Å². The topological polar surface area (TPSA) is 62.5 Å². The summed E-state index contributed by atoms with van der Waals surface area (Å²) in [5.41, 5.74) is 0.256. The van der Waals surface area contributed by atoms with Crippen molar-refractivity contribution in [1.82, 2.24) is 15.6 Å². The standard InChI is InChI=1S/C21H23F3N4OS/c1-15(16-6-3-2-4-7-16)27-20(25-11-9-17-8-5-13-29-17)26-12-10-19-28-18(14-30-19)21(22,23)24/h2-8,13-15H,9-12H2,1H3,(H2,25,26,27). The molecule has 0 saturated heterocycles. The summed E-state index contributed by atoms with van der Waals surface area (Å²) in [6, 6.07) is 13.7. The van der Waals surface area contributed by atoms with Gasteiger partial charge in [0, 0.05) is 31.3 Å². The Labute approximate surface area is 177 Å². The van der Waals surface area contributed by atoms with Crippen LogP contribution in [0.5, 0.6) is 0 Å². The van der Waals surface area contributed by atoms with E-state index >= 15 is 0 Å². The molecule has 9 heteroatoms. The van der Waals surface area contributed by atoms with Gasteiger partial charge in [0.15, 0.2) is 11.7 Å². The van der Waals surface area contributed by atoms with Crippen LogP contribution in [0.15, 0.2) is 63.5 Å². The second kappa shape index (κ2) is 10.3. The molecule has 0 fully saturated rings. The number of nitrogens with zero attached hydrogens (tertiary/aromatic N) is 2. The van der Waals surface area contributed by atoms with E-state index in [9.17, 15) is 13.2 Å². The SMILES string of the molecule is CC(NC(=NCCc1nc(C(F)(F)F)cs1)NCCc1ccco1)c1ccccc1. The van der Waals surface area contributed by atoms with Crippen LogP contribution >= 0.6 is 11.3 Å². The van der Waals surface area contributed by atoms with Gasteiger partial charge in [-0.15, -0.1) is 11.3 Å². The van der Waals surface area contributed by atoms with E-state index in [2.05, 4.69) is 20.6 Å². The number of aromatic nitrogens is 1. The fourth-order valence-electron chi connectivity index (χ4n) is 2.76. The first-order chi connectivity index (χ1) is 14.4. The molecule has 0 aliphatic heterocycles. The number of furan rings is 1. The smallest absolute Gasteiger partial charge is 0.434 e. The number of rotatable bonds is 8. The molecule has 0 saturated carbocycles. The van der Waals surface area contributed by atoms with Crippen LogP contribution in [-0.2, 0) is 19.0 Å². The average Bonchev–Trinajstić information content (AvgIpc) is 3.40. The Morgan fingerprint density at radius 1 is 1.17 bits per heavy atom. The minimum absolute atomic E-state index is 0.0118. The van der Waals surface area contributed by atoms with Crippen molar-refractivity contribution in [2.24, 2.45) is 4.99 Å². The molecule has 1 aromatic carbocycles. The number of alkyl halides is 3. The van der Waals surface area contributed by atoms with Crippen molar-refractivity contribution in [3.8, 4) is 0 Å². The first-order valence-electron chi connectivity index (χ1n) is 9.55. The molecule has 0 spiro atoms. The largest absolute Gasteiger partial charge is 0.469 e. The summed E-state index contributed by atoms with van der Waals surface area (Å²) in [5.74, 6) is 1.45. The summed E-state index contributed by atoms with van der Waals surface area (Å²) in [7, 11) is 0. The van der Waals surface area contributed by atoms with Crippen LogP contribution in [0.25, 0.3) is 0 Å². The molecule has 0 amide bonds. The number of thiazole rings is 1. The van der Waals surface area contributed by atoms with Gasteiger partial charge in [0.05, 0.1) is 17.3 Å². The zero-order chi connectivity index (χ0) is 21.4. The second-order valence-electron chi connectivity index (χ2n) is 6.64. The summed E-state index contributed by atoms with van der Waals surface area (Å²) in [6.45, 7) is 2.95. The van der Waals surface area contributed by atoms with Crippen LogP contribution in [0, 0.1) is 0 Å². The van der Waals surface area contributed by atoms with Gasteiger partial charge in [-0.3, -0.25) is 4.99 Å². The van der Waals surface area contributed by atoms with Gasteiger partial charge in [-0.1, -0.05) is 30.3 Å². The molecule has 160 valence electrons. The molecule has 30 heavy (non-hydrogen) atoms. The number of hydrogen-bond acceptors (Lipinski definition) is 4. The van der Waals surface area contributed by atoms with E-state index in [1.807, 2.05) is 49.4 Å². The Morgan fingerprint density at radius 3 is 2.63 bits per heavy atom. The molecule has 3 aromatic rings. The van der Waals surface area contributed by atoms with Crippen molar-refractivity contribution in [3.05, 3.63) is 76.1 Å². The molecule has 0 aliphatic rings. The minimum atomic E-state index is -4.41. The number of aliphatic imine (C=N–C) groups is 1. The van der Waals surface area contributed by atoms with E-state index in [-0.39, 0.29) is 6.04 Å². The normalized spacial score (nSPS) is 13.3. The van der Waals surface area contributed by atoms with Crippen molar-refractivity contribution in [3.63, 3.8) is 0 Å². The monoisotopic (exact) mass is 436 g/mol. The lowest BCUT2D eigenvalue weighted by molar-refractivity contribution is -0.140. The lowest BCUT2D eigenvalue weighted by Gasteiger charge is -2.18. The Bertz CT molecular complexity index is 923. The maximum Gasteiger partial charge on any atom is 0.434 e. The number of benzene rings is 1. The van der Waals surface area contributed by atoms with Crippen LogP contribution in [0.3, 0.4) is 0 Å². The molecule has 1 unspecified atom stereocenters. The van der Waals surface area contributed by atoms with Crippen LogP contribution < -0.4 is 10.6 Å². The average molecular weight is 437 g/mol. The zero-order valence-electron chi connectivity index (χ0n) is 16.4. The molecule has 2 heterocycles. The molecule has 1 atom stereocenters. The molecule has 0 radical (unpaired) electrons. The van der Waals surface area contributed by atoms with Gasteiger partial charge in [0.1, 0.15) is 5.76 Å². The third-order valence-corrected chi connectivity index (χ3v) is 5.24. The van der Waals surface area contributed by atoms with Gasteiger partial charge < -0.3 is 15.1 Å². The maximum absolute atomic E-state index is 12.7. The Kier molecular flexibility index (Phi) is 7.51. The third-order valence-electron chi connectivity index (χ3n) is 4.33. The van der Waals surface area contributed by atoms with E-state index in [4.69, 9.17) is 4.42 Å². The van der Waals surface area contributed by atoms with Crippen molar-refractivity contribution in [1.29, 1.82) is 0 Å². The van der Waals surface area contributed by atoms with Gasteiger partial charge in [-0.2, -0.15) is 13.2 Å². The third kappa shape index (κ3) is 6.62. The predicted molar refractivity (Wildman–Crippen MR) is 112 cm³/mol. The number of halogens is 3. The molecule has 3 rings (SSSR count). The Balaban J connectivity index is 1.60. The lowest BCUT2D eigenvalue weighted by atomic mass is 10.1. The lowest BCUT2D eigenvalue weighted by Crippen LogP contribution is -2.40. The highest BCUT2D eigenvalue weighted by molar-refractivity contribution is 7.09. The van der Waals surface area contributed by atoms with E-state index in [0.717, 1.165) is 28.0 Å². The summed E-state index contributed by atoms with van der Waals surface area (Å²) in [6.07, 6.45) is -1.76. The summed E-state index contributed by atoms with van der Waals surface area (Å²) in [4.78, 5) is 8.18. The van der Waals surface area contributed by atoms with Crippen molar-refractivity contribution < 1.29 is 17.6 Å². The van der Waals surface area contributed by atoms with Gasteiger partial charge >= 0.3 is 6.18 Å². The highest BCUT2D eigenvalue weighted by atomic mass is 32.1. The quantitative estimate of drug-likeness (QED) is 0.392. The molecular formula is C21H23F3N4OS. The molecule has 2 N–H and O–H groups in total. The van der Waals surface area contributed by atoms with Crippen LogP contribution in [0.1, 0.15) is 35.0 Å². The predicted octanol–water partition coefficient (Wildman–Crippen LogP) is 4.84. The van der Waals surface area contributed by atoms with Crippen molar-refractivity contribution in [2.45, 2.75) is 32.0 Å². The van der Waals surface area contributed by atoms with Crippen molar-refractivity contribution >= 4 is 17.3 Å². The van der Waals surface area contributed by atoms with Gasteiger partial charge in [0.2, 0.25) is 0 Å². The fraction of sp³-hybridized carbons (Fsp3) is 0.333. The molecular weight excluding hydrogens is 413 g/mol. The second-order valence-corrected chi connectivity index (χ2v) is 7.58. The molecule has 2 aromatic heterocycles. The maximum atomic E-state index is 12.7. The first-order valence-corrected chi connectivity index (χ1v) is 10.4. The Morgan fingerprint density at radius 2 is 1.97 bits per heavy atom. The number of nitrogens with one attached hydrogen (secondary N) is 2. The Hall–Kier alpha value is -2.81. The zero-order valence-corrected chi connectivity index (χ0v) is 17.3. The summed E-state index contributed by atoms with van der Waals surface area (Å²) >= 11 is 1.00. The molecule has 5 nitrogen and oxygen atoms in total.